The molecule has 1 aliphatic rings. The van der Waals surface area contributed by atoms with Crippen LogP contribution >= 0.6 is 11.3 Å². The highest BCUT2D eigenvalue weighted by Gasteiger charge is 2.33. The molecule has 0 radical (unpaired) electrons. The van der Waals surface area contributed by atoms with Gasteiger partial charge >= 0.3 is 5.97 Å². The first-order valence-corrected chi connectivity index (χ1v) is 14.8. The minimum absolute atomic E-state index is 0.253. The number of thiazole rings is 1. The Morgan fingerprint density at radius 1 is 0.953 bits per heavy atom. The van der Waals surface area contributed by atoms with Crippen molar-refractivity contribution in [1.82, 2.24) is 4.57 Å². The minimum Gasteiger partial charge on any atom is -0.493 e. The van der Waals surface area contributed by atoms with Gasteiger partial charge in [0.1, 0.15) is 6.61 Å². The maximum absolute atomic E-state index is 14.1. The molecule has 0 saturated carbocycles. The molecular weight excluding hydrogens is 560 g/mol. The number of hydrogen-bond donors (Lipinski definition) is 0. The fourth-order valence-electron chi connectivity index (χ4n) is 5.49. The number of benzene rings is 4. The summed E-state index contributed by atoms with van der Waals surface area (Å²) >= 11 is 1.28. The summed E-state index contributed by atoms with van der Waals surface area (Å²) in [5, 5.41) is 2.25. The molecule has 0 aliphatic carbocycles. The van der Waals surface area contributed by atoms with Gasteiger partial charge < -0.3 is 14.2 Å². The van der Waals surface area contributed by atoms with E-state index in [2.05, 4.69) is 18.2 Å². The van der Waals surface area contributed by atoms with Crippen LogP contribution in [0.2, 0.25) is 0 Å². The highest BCUT2D eigenvalue weighted by Crippen LogP contribution is 2.34. The molecule has 216 valence electrons. The first kappa shape index (κ1) is 28.2. The van der Waals surface area contributed by atoms with Crippen LogP contribution < -0.4 is 24.4 Å². The highest BCUT2D eigenvalue weighted by molar-refractivity contribution is 7.07. The van der Waals surface area contributed by atoms with E-state index in [0.717, 1.165) is 21.9 Å². The number of ether oxygens (including phenoxy) is 3. The van der Waals surface area contributed by atoms with Gasteiger partial charge in [0, 0.05) is 5.56 Å². The summed E-state index contributed by atoms with van der Waals surface area (Å²) in [6.07, 6.45) is 2.32. The largest absolute Gasteiger partial charge is 0.493 e. The first-order valence-electron chi connectivity index (χ1n) is 14.0. The Bertz CT molecular complexity index is 2040. The summed E-state index contributed by atoms with van der Waals surface area (Å²) in [7, 11) is 2.94. The molecule has 1 atom stereocenters. The van der Waals surface area contributed by atoms with Crippen molar-refractivity contribution in [2.75, 3.05) is 14.2 Å². The van der Waals surface area contributed by atoms with E-state index in [9.17, 15) is 9.59 Å². The summed E-state index contributed by atoms with van der Waals surface area (Å²) in [6.45, 7) is 2.26. The summed E-state index contributed by atoms with van der Waals surface area (Å²) < 4.78 is 19.3. The molecule has 8 heteroatoms. The van der Waals surface area contributed by atoms with E-state index in [0.29, 0.717) is 50.7 Å². The first-order chi connectivity index (χ1) is 21.0. The average Bonchev–Trinajstić information content (AvgIpc) is 3.36. The number of methoxy groups -OCH3 is 2. The molecule has 0 amide bonds. The Morgan fingerprint density at radius 2 is 1.70 bits per heavy atom. The van der Waals surface area contributed by atoms with Crippen LogP contribution in [0.25, 0.3) is 16.8 Å². The molecule has 0 saturated heterocycles. The second-order valence-corrected chi connectivity index (χ2v) is 11.0. The summed E-state index contributed by atoms with van der Waals surface area (Å²) in [6, 6.07) is 28.7. The van der Waals surface area contributed by atoms with Gasteiger partial charge in [-0.1, -0.05) is 103 Å². The lowest BCUT2D eigenvalue weighted by Crippen LogP contribution is -2.40. The van der Waals surface area contributed by atoms with E-state index in [-0.39, 0.29) is 5.56 Å². The fourth-order valence-corrected chi connectivity index (χ4v) is 6.50. The van der Waals surface area contributed by atoms with Crippen LogP contribution in [0.3, 0.4) is 0 Å². The third-order valence-corrected chi connectivity index (χ3v) is 8.52. The Balaban J connectivity index is 1.47. The molecule has 0 bridgehead atoms. The number of esters is 1. The SMILES string of the molecule is CCC1=C(C(=O)OC)[C@@H](c2ccccc2)n2c(s/c(=C/c3cccc(OC)c3OCc3cccc4ccccc34)c2=O)=N1. The van der Waals surface area contributed by atoms with Gasteiger partial charge in [0.15, 0.2) is 16.3 Å². The number of carbonyl (C=O) groups is 1. The number of aromatic nitrogens is 1. The topological polar surface area (TPSA) is 79.1 Å². The van der Waals surface area contributed by atoms with E-state index >= 15 is 0 Å². The van der Waals surface area contributed by atoms with Crippen molar-refractivity contribution in [3.63, 3.8) is 0 Å². The van der Waals surface area contributed by atoms with Crippen LogP contribution in [0, 0.1) is 0 Å². The normalized spacial score (nSPS) is 14.8. The zero-order chi connectivity index (χ0) is 29.9. The van der Waals surface area contributed by atoms with Crippen molar-refractivity contribution in [2.45, 2.75) is 26.0 Å². The third-order valence-electron chi connectivity index (χ3n) is 7.53. The van der Waals surface area contributed by atoms with Crippen LogP contribution in [0.1, 0.15) is 36.1 Å². The number of para-hydroxylation sites is 1. The predicted octanol–water partition coefficient (Wildman–Crippen LogP) is 5.54. The van der Waals surface area contributed by atoms with Crippen molar-refractivity contribution in [1.29, 1.82) is 0 Å². The van der Waals surface area contributed by atoms with Crippen molar-refractivity contribution in [2.24, 2.45) is 4.99 Å². The fraction of sp³-hybridized carbons (Fsp3) is 0.171. The quantitative estimate of drug-likeness (QED) is 0.222. The van der Waals surface area contributed by atoms with Crippen LogP contribution in [0.15, 0.2) is 112 Å². The molecule has 0 fully saturated rings. The lowest BCUT2D eigenvalue weighted by molar-refractivity contribution is -0.136. The van der Waals surface area contributed by atoms with Gasteiger partial charge in [-0.15, -0.1) is 0 Å². The van der Waals surface area contributed by atoms with Gasteiger partial charge in [-0.05, 0) is 40.5 Å². The molecule has 1 aromatic heterocycles. The van der Waals surface area contributed by atoms with Crippen molar-refractivity contribution >= 4 is 34.2 Å². The van der Waals surface area contributed by atoms with Crippen LogP contribution in [-0.2, 0) is 16.1 Å². The molecule has 1 aliphatic heterocycles. The molecule has 4 aromatic carbocycles. The van der Waals surface area contributed by atoms with E-state index < -0.39 is 12.0 Å². The second-order valence-electron chi connectivity index (χ2n) is 10.0. The van der Waals surface area contributed by atoms with Crippen molar-refractivity contribution in [3.8, 4) is 11.5 Å². The van der Waals surface area contributed by atoms with Gasteiger partial charge in [-0.3, -0.25) is 9.36 Å². The summed E-state index contributed by atoms with van der Waals surface area (Å²) in [5.41, 5.74) is 3.27. The molecule has 6 rings (SSSR count). The highest BCUT2D eigenvalue weighted by atomic mass is 32.1. The van der Waals surface area contributed by atoms with Gasteiger partial charge in [0.25, 0.3) is 5.56 Å². The van der Waals surface area contributed by atoms with Crippen LogP contribution in [-0.4, -0.2) is 24.8 Å². The summed E-state index contributed by atoms with van der Waals surface area (Å²) in [5.74, 6) is 0.596. The molecule has 43 heavy (non-hydrogen) atoms. The van der Waals surface area contributed by atoms with E-state index in [1.165, 1.54) is 18.4 Å². The number of allylic oxidation sites excluding steroid dienone is 1. The average molecular weight is 591 g/mol. The Kier molecular flexibility index (Phi) is 7.94. The number of carbonyl (C=O) groups excluding carboxylic acids is 1. The monoisotopic (exact) mass is 590 g/mol. The molecular formula is C35H30N2O5S. The zero-order valence-corrected chi connectivity index (χ0v) is 24.9. The lowest BCUT2D eigenvalue weighted by Gasteiger charge is -2.25. The second kappa shape index (κ2) is 12.1. The van der Waals surface area contributed by atoms with E-state index in [1.54, 1.807) is 17.8 Å². The van der Waals surface area contributed by atoms with Gasteiger partial charge in [-0.25, -0.2) is 9.79 Å². The Morgan fingerprint density at radius 3 is 2.47 bits per heavy atom. The standard InChI is InChI=1S/C35H30N2O5S/c1-4-27-30(34(39)41-3)31(23-13-6-5-7-14-23)37-33(38)29(43-35(37)36-27)20-24-16-11-19-28(40-2)32(24)42-21-25-17-10-15-22-12-8-9-18-26(22)25/h5-20,31H,4,21H2,1-3H3/b29-20+/t31-/m1/s1. The molecule has 0 N–H and O–H groups in total. The molecule has 5 aromatic rings. The van der Waals surface area contributed by atoms with Gasteiger partial charge in [0.2, 0.25) is 0 Å². The van der Waals surface area contributed by atoms with E-state index in [1.807, 2.05) is 79.7 Å². The van der Waals surface area contributed by atoms with Crippen LogP contribution in [0.4, 0.5) is 0 Å². The molecule has 0 unspecified atom stereocenters. The number of hydrogen-bond acceptors (Lipinski definition) is 7. The zero-order valence-electron chi connectivity index (χ0n) is 24.1. The van der Waals surface area contributed by atoms with E-state index in [4.69, 9.17) is 19.2 Å². The third kappa shape index (κ3) is 5.26. The number of rotatable bonds is 8. The van der Waals surface area contributed by atoms with Crippen molar-refractivity contribution in [3.05, 3.63) is 139 Å². The van der Waals surface area contributed by atoms with Gasteiger partial charge in [0.05, 0.1) is 36.1 Å². The lowest BCUT2D eigenvalue weighted by atomic mass is 9.95. The Hall–Kier alpha value is -4.95. The minimum atomic E-state index is -0.658. The molecule has 7 nitrogen and oxygen atoms in total. The summed E-state index contributed by atoms with van der Waals surface area (Å²) in [4.78, 5) is 32.4. The molecule has 2 heterocycles. The molecule has 0 spiro atoms. The van der Waals surface area contributed by atoms with Crippen LogP contribution in [0.5, 0.6) is 11.5 Å². The van der Waals surface area contributed by atoms with Gasteiger partial charge in [-0.2, -0.15) is 0 Å². The Labute approximate surface area is 252 Å². The number of nitrogens with zero attached hydrogens (tertiary/aromatic N) is 2. The maximum atomic E-state index is 14.1. The smallest absolute Gasteiger partial charge is 0.338 e. The van der Waals surface area contributed by atoms with Crippen molar-refractivity contribution < 1.29 is 19.0 Å². The number of fused-ring (bicyclic) bond motifs is 2. The maximum Gasteiger partial charge on any atom is 0.338 e. The predicted molar refractivity (Wildman–Crippen MR) is 168 cm³/mol.